The van der Waals surface area contributed by atoms with E-state index in [9.17, 15) is 9.59 Å². The molecular formula is C25H31N3O3. The topological polar surface area (TPSA) is 63.6 Å². The molecule has 4 atom stereocenters. The molecule has 3 fully saturated rings. The lowest BCUT2D eigenvalue weighted by Crippen LogP contribution is -2.60. The van der Waals surface area contributed by atoms with E-state index >= 15 is 0 Å². The number of aryl methyl sites for hydroxylation is 1. The number of carbonyl (C=O) groups is 1. The third kappa shape index (κ3) is 3.72. The Kier molecular flexibility index (Phi) is 5.22. The van der Waals surface area contributed by atoms with Crippen LogP contribution >= 0.6 is 0 Å². The molecule has 4 heterocycles. The van der Waals surface area contributed by atoms with Crippen molar-refractivity contribution in [3.8, 4) is 0 Å². The molecule has 1 aromatic heterocycles. The average Bonchev–Trinajstić information content (AvgIpc) is 3.12. The monoisotopic (exact) mass is 421 g/mol. The van der Waals surface area contributed by atoms with Gasteiger partial charge in [0.1, 0.15) is 5.56 Å². The van der Waals surface area contributed by atoms with E-state index in [1.54, 1.807) is 10.8 Å². The van der Waals surface area contributed by atoms with E-state index < -0.39 is 0 Å². The largest absolute Gasteiger partial charge is 0.371 e. The molecule has 0 saturated carbocycles. The highest BCUT2D eigenvalue weighted by Crippen LogP contribution is 2.38. The van der Waals surface area contributed by atoms with Crippen LogP contribution in [0.5, 0.6) is 0 Å². The van der Waals surface area contributed by atoms with E-state index in [4.69, 9.17) is 4.74 Å². The average molecular weight is 422 g/mol. The van der Waals surface area contributed by atoms with Gasteiger partial charge in [-0.15, -0.1) is 0 Å². The van der Waals surface area contributed by atoms with Crippen LogP contribution < -0.4 is 10.9 Å². The first-order chi connectivity index (χ1) is 15.0. The summed E-state index contributed by atoms with van der Waals surface area (Å²) in [5.74, 6) is -0.161. The van der Waals surface area contributed by atoms with Crippen LogP contribution in [0.3, 0.4) is 0 Å². The first kappa shape index (κ1) is 20.5. The zero-order valence-electron chi connectivity index (χ0n) is 18.3. The van der Waals surface area contributed by atoms with E-state index in [0.717, 1.165) is 24.0 Å². The fraction of sp³-hybridized carbons (Fsp3) is 0.520. The molecule has 164 valence electrons. The van der Waals surface area contributed by atoms with E-state index in [-0.39, 0.29) is 23.1 Å². The van der Waals surface area contributed by atoms with Gasteiger partial charge in [-0.05, 0) is 56.7 Å². The number of ether oxygens (including phenoxy) is 1. The zero-order chi connectivity index (χ0) is 21.6. The summed E-state index contributed by atoms with van der Waals surface area (Å²) in [6.45, 7) is 5.49. The van der Waals surface area contributed by atoms with Gasteiger partial charge in [-0.1, -0.05) is 30.3 Å². The van der Waals surface area contributed by atoms with Crippen molar-refractivity contribution >= 4 is 5.91 Å². The summed E-state index contributed by atoms with van der Waals surface area (Å²) in [4.78, 5) is 28.9. The summed E-state index contributed by atoms with van der Waals surface area (Å²) in [6, 6.07) is 12.6. The fourth-order valence-corrected chi connectivity index (χ4v) is 5.73. The number of carbonyl (C=O) groups excluding carboxylic acids is 1. The number of benzene rings is 1. The highest BCUT2D eigenvalue weighted by Gasteiger charge is 2.47. The Morgan fingerprint density at radius 3 is 2.58 bits per heavy atom. The summed E-state index contributed by atoms with van der Waals surface area (Å²) >= 11 is 0. The minimum absolute atomic E-state index is 0.142. The summed E-state index contributed by atoms with van der Waals surface area (Å²) in [6.07, 6.45) is 6.05. The summed E-state index contributed by atoms with van der Waals surface area (Å²) in [5, 5.41) is 3.65. The van der Waals surface area contributed by atoms with Crippen LogP contribution in [0.4, 0.5) is 0 Å². The molecular weight excluding hydrogens is 390 g/mol. The van der Waals surface area contributed by atoms with Crippen LogP contribution in [0.25, 0.3) is 0 Å². The lowest BCUT2D eigenvalue weighted by molar-refractivity contribution is -0.122. The van der Waals surface area contributed by atoms with Crippen LogP contribution in [0.2, 0.25) is 0 Å². The maximum atomic E-state index is 13.6. The Hall–Kier alpha value is -2.44. The van der Waals surface area contributed by atoms with Gasteiger partial charge in [0, 0.05) is 24.8 Å². The number of hydrogen-bond donors (Lipinski definition) is 1. The van der Waals surface area contributed by atoms with Crippen molar-refractivity contribution in [1.82, 2.24) is 14.8 Å². The van der Waals surface area contributed by atoms with Gasteiger partial charge < -0.3 is 19.5 Å². The van der Waals surface area contributed by atoms with Gasteiger partial charge in [-0.25, -0.2) is 0 Å². The lowest BCUT2D eigenvalue weighted by Gasteiger charge is -2.47. The molecule has 6 nitrogen and oxygen atoms in total. The van der Waals surface area contributed by atoms with E-state index in [1.165, 1.54) is 12.8 Å². The molecule has 0 aliphatic carbocycles. The molecule has 3 aliphatic heterocycles. The second-order valence-corrected chi connectivity index (χ2v) is 9.48. The van der Waals surface area contributed by atoms with Gasteiger partial charge in [0.25, 0.3) is 11.5 Å². The Morgan fingerprint density at radius 1 is 1.16 bits per heavy atom. The number of nitrogens with one attached hydrogen (secondary N) is 1. The third-order valence-corrected chi connectivity index (χ3v) is 7.35. The van der Waals surface area contributed by atoms with Crippen LogP contribution in [-0.4, -0.2) is 52.8 Å². The first-order valence-corrected chi connectivity index (χ1v) is 11.4. The number of hydrogen-bond acceptors (Lipinski definition) is 4. The normalized spacial score (nSPS) is 28.6. The number of amides is 1. The minimum Gasteiger partial charge on any atom is -0.371 e. The Morgan fingerprint density at radius 2 is 1.87 bits per heavy atom. The Bertz CT molecular complexity index is 1020. The van der Waals surface area contributed by atoms with Crippen LogP contribution in [0, 0.1) is 6.92 Å². The summed E-state index contributed by atoms with van der Waals surface area (Å²) in [5.41, 5.74) is 1.58. The maximum Gasteiger partial charge on any atom is 0.264 e. The number of morpholine rings is 1. The number of fused-ring (bicyclic) bond motifs is 2. The van der Waals surface area contributed by atoms with Crippen molar-refractivity contribution in [2.75, 3.05) is 19.7 Å². The van der Waals surface area contributed by atoms with Crippen molar-refractivity contribution in [2.45, 2.75) is 63.3 Å². The second kappa shape index (κ2) is 7.92. The number of piperidine rings is 1. The highest BCUT2D eigenvalue weighted by molar-refractivity contribution is 5.95. The minimum atomic E-state index is -0.274. The zero-order valence-corrected chi connectivity index (χ0v) is 18.3. The van der Waals surface area contributed by atoms with Crippen molar-refractivity contribution in [3.05, 3.63) is 69.6 Å². The molecule has 0 radical (unpaired) electrons. The van der Waals surface area contributed by atoms with Crippen molar-refractivity contribution in [1.29, 1.82) is 0 Å². The van der Waals surface area contributed by atoms with Crippen LogP contribution in [-0.2, 0) is 4.74 Å². The quantitative estimate of drug-likeness (QED) is 0.828. The van der Waals surface area contributed by atoms with Gasteiger partial charge in [-0.2, -0.15) is 0 Å². The molecule has 6 heteroatoms. The van der Waals surface area contributed by atoms with E-state index in [2.05, 4.69) is 5.32 Å². The van der Waals surface area contributed by atoms with E-state index in [1.807, 2.05) is 55.1 Å². The molecule has 2 unspecified atom stereocenters. The maximum absolute atomic E-state index is 13.6. The molecule has 3 saturated heterocycles. The molecule has 2 bridgehead atoms. The van der Waals surface area contributed by atoms with Gasteiger partial charge in [0.05, 0.1) is 24.8 Å². The van der Waals surface area contributed by atoms with Crippen molar-refractivity contribution in [3.63, 3.8) is 0 Å². The number of aromatic nitrogens is 1. The Balaban J connectivity index is 1.43. The van der Waals surface area contributed by atoms with Gasteiger partial charge >= 0.3 is 0 Å². The summed E-state index contributed by atoms with van der Waals surface area (Å²) < 4.78 is 7.94. The van der Waals surface area contributed by atoms with Gasteiger partial charge in [0.15, 0.2) is 0 Å². The molecule has 1 N–H and O–H groups in total. The number of nitrogens with zero attached hydrogens (tertiary/aromatic N) is 2. The van der Waals surface area contributed by atoms with Crippen LogP contribution in [0.15, 0.2) is 47.4 Å². The van der Waals surface area contributed by atoms with Crippen molar-refractivity contribution < 1.29 is 9.53 Å². The standard InChI is InChI=1S/C25H31N3O3/c1-17-10-11-28(18(2)19-6-4-3-5-7-19)24(30)22(17)23(29)27-12-13-31-25(16-27)14-20-8-9-21(15-25)26-20/h3-7,10-11,18,20-21,26H,8-9,12-16H2,1-2H3/t18?,20-,21+,25?. The van der Waals surface area contributed by atoms with Gasteiger partial charge in [0.2, 0.25) is 0 Å². The molecule has 3 aliphatic rings. The number of pyridine rings is 1. The predicted octanol–water partition coefficient (Wildman–Crippen LogP) is 2.89. The number of rotatable bonds is 3. The first-order valence-electron chi connectivity index (χ1n) is 11.4. The fourth-order valence-electron chi connectivity index (χ4n) is 5.73. The van der Waals surface area contributed by atoms with Crippen LogP contribution in [0.1, 0.15) is 60.1 Å². The molecule has 1 spiro atoms. The second-order valence-electron chi connectivity index (χ2n) is 9.48. The Labute approximate surface area is 183 Å². The third-order valence-electron chi connectivity index (χ3n) is 7.35. The smallest absolute Gasteiger partial charge is 0.264 e. The van der Waals surface area contributed by atoms with E-state index in [0.29, 0.717) is 37.3 Å². The molecule has 31 heavy (non-hydrogen) atoms. The molecule has 1 amide bonds. The highest BCUT2D eigenvalue weighted by atomic mass is 16.5. The lowest BCUT2D eigenvalue weighted by atomic mass is 9.85. The van der Waals surface area contributed by atoms with Crippen molar-refractivity contribution in [2.24, 2.45) is 0 Å². The van der Waals surface area contributed by atoms with Gasteiger partial charge in [-0.3, -0.25) is 9.59 Å². The molecule has 5 rings (SSSR count). The summed E-state index contributed by atoms with van der Waals surface area (Å²) in [7, 11) is 0. The molecule has 2 aromatic rings. The predicted molar refractivity (Wildman–Crippen MR) is 119 cm³/mol. The SMILES string of the molecule is Cc1ccn(C(C)c2ccccc2)c(=O)c1C(=O)N1CCOC2(C[C@H]3CC[C@@H](C2)N3)C1. The molecule has 1 aromatic carbocycles.